The number of rotatable bonds is 6. The van der Waals surface area contributed by atoms with E-state index in [2.05, 4.69) is 0 Å². The monoisotopic (exact) mass is 354 g/mol. The summed E-state index contributed by atoms with van der Waals surface area (Å²) in [6.45, 7) is 4.70. The number of carbonyl (C=O) groups is 2. The van der Waals surface area contributed by atoms with E-state index in [-0.39, 0.29) is 5.91 Å². The number of hydrogen-bond acceptors (Lipinski definition) is 4. The van der Waals surface area contributed by atoms with Crippen molar-refractivity contribution in [1.82, 2.24) is 0 Å². The Balaban J connectivity index is 1.99. The molecule has 2 aromatic carbocycles. The van der Waals surface area contributed by atoms with Crippen LogP contribution >= 0.6 is 0 Å². The van der Waals surface area contributed by atoms with Crippen molar-refractivity contribution in [2.24, 2.45) is 5.73 Å². The molecule has 0 spiro atoms. The Morgan fingerprint density at radius 3 is 2.46 bits per heavy atom. The number of primary amides is 1. The molecule has 1 aliphatic heterocycles. The highest BCUT2D eigenvalue weighted by atomic mass is 16.5. The highest BCUT2D eigenvalue weighted by molar-refractivity contribution is 6.11. The number of fused-ring (bicyclic) bond motifs is 1. The molecule has 3 rings (SSSR count). The lowest BCUT2D eigenvalue weighted by Crippen LogP contribution is -2.46. The van der Waals surface area contributed by atoms with Crippen molar-refractivity contribution >= 4 is 17.5 Å². The Labute approximate surface area is 152 Å². The van der Waals surface area contributed by atoms with Gasteiger partial charge in [0.2, 0.25) is 5.91 Å². The predicted molar refractivity (Wildman–Crippen MR) is 98.7 cm³/mol. The van der Waals surface area contributed by atoms with E-state index < -0.39 is 11.9 Å². The minimum absolute atomic E-state index is 0.289. The van der Waals surface area contributed by atoms with Crippen LogP contribution in [-0.2, 0) is 11.2 Å². The van der Waals surface area contributed by atoms with Crippen molar-refractivity contribution < 1.29 is 19.1 Å². The summed E-state index contributed by atoms with van der Waals surface area (Å²) < 4.78 is 11.1. The zero-order valence-corrected chi connectivity index (χ0v) is 14.9. The van der Waals surface area contributed by atoms with E-state index in [1.54, 1.807) is 18.2 Å². The van der Waals surface area contributed by atoms with Gasteiger partial charge in [-0.25, -0.2) is 0 Å². The van der Waals surface area contributed by atoms with Crippen molar-refractivity contribution in [2.75, 3.05) is 18.1 Å². The SMILES string of the molecule is CCOc1ccc(C(=O)N2c3ccccc3CC2C(N)=O)cc1OCC. The fourth-order valence-electron chi connectivity index (χ4n) is 3.19. The van der Waals surface area contributed by atoms with Crippen LogP contribution in [0.2, 0.25) is 0 Å². The molecule has 1 unspecified atom stereocenters. The molecule has 6 heteroatoms. The summed E-state index contributed by atoms with van der Waals surface area (Å²) in [6, 6.07) is 11.8. The number of nitrogens with zero attached hydrogens (tertiary/aromatic N) is 1. The molecule has 1 atom stereocenters. The van der Waals surface area contributed by atoms with Gasteiger partial charge in [-0.05, 0) is 43.7 Å². The molecule has 2 N–H and O–H groups in total. The van der Waals surface area contributed by atoms with E-state index >= 15 is 0 Å². The van der Waals surface area contributed by atoms with Gasteiger partial charge in [-0.1, -0.05) is 18.2 Å². The van der Waals surface area contributed by atoms with Gasteiger partial charge in [0, 0.05) is 17.7 Å². The summed E-state index contributed by atoms with van der Waals surface area (Å²) in [4.78, 5) is 26.6. The molecule has 0 aromatic heterocycles. The average Bonchev–Trinajstić information content (AvgIpc) is 3.03. The predicted octanol–water partition coefficient (Wildman–Crippen LogP) is 2.54. The first kappa shape index (κ1) is 17.8. The first-order chi connectivity index (χ1) is 12.6. The van der Waals surface area contributed by atoms with E-state index in [0.29, 0.717) is 42.4 Å². The molecule has 0 radical (unpaired) electrons. The number of carbonyl (C=O) groups excluding carboxylic acids is 2. The second-order valence-electron chi connectivity index (χ2n) is 5.95. The van der Waals surface area contributed by atoms with Crippen LogP contribution in [0.5, 0.6) is 11.5 Å². The maximum atomic E-state index is 13.2. The summed E-state index contributed by atoms with van der Waals surface area (Å²) in [7, 11) is 0. The molecule has 2 aromatic rings. The van der Waals surface area contributed by atoms with Crippen molar-refractivity contribution in [1.29, 1.82) is 0 Å². The van der Waals surface area contributed by atoms with Gasteiger partial charge in [0.1, 0.15) is 6.04 Å². The van der Waals surface area contributed by atoms with Crippen LogP contribution in [0.15, 0.2) is 42.5 Å². The number of para-hydroxylation sites is 1. The molecular formula is C20H22N2O4. The van der Waals surface area contributed by atoms with Gasteiger partial charge >= 0.3 is 0 Å². The van der Waals surface area contributed by atoms with E-state index in [1.807, 2.05) is 38.1 Å². The van der Waals surface area contributed by atoms with Crippen molar-refractivity contribution in [3.05, 3.63) is 53.6 Å². The molecule has 1 aliphatic rings. The molecule has 0 fully saturated rings. The molecule has 1 heterocycles. The third-order valence-electron chi connectivity index (χ3n) is 4.31. The molecule has 26 heavy (non-hydrogen) atoms. The lowest BCUT2D eigenvalue weighted by Gasteiger charge is -2.24. The number of hydrogen-bond donors (Lipinski definition) is 1. The third kappa shape index (κ3) is 3.22. The Morgan fingerprint density at radius 1 is 1.08 bits per heavy atom. The van der Waals surface area contributed by atoms with Crippen molar-refractivity contribution in [2.45, 2.75) is 26.3 Å². The minimum Gasteiger partial charge on any atom is -0.490 e. The number of anilines is 1. The van der Waals surface area contributed by atoms with Gasteiger partial charge in [0.25, 0.3) is 5.91 Å². The Morgan fingerprint density at radius 2 is 1.77 bits per heavy atom. The van der Waals surface area contributed by atoms with Crippen LogP contribution < -0.4 is 20.1 Å². The van der Waals surface area contributed by atoms with Crippen LogP contribution in [0.3, 0.4) is 0 Å². The quantitative estimate of drug-likeness (QED) is 0.864. The molecular weight excluding hydrogens is 332 g/mol. The lowest BCUT2D eigenvalue weighted by atomic mass is 10.1. The summed E-state index contributed by atoms with van der Waals surface area (Å²) in [5.41, 5.74) is 7.61. The maximum Gasteiger partial charge on any atom is 0.259 e. The molecule has 2 amide bonds. The van der Waals surface area contributed by atoms with Gasteiger partial charge in [-0.2, -0.15) is 0 Å². The Hall–Kier alpha value is -3.02. The molecule has 0 aliphatic carbocycles. The van der Waals surface area contributed by atoms with Crippen LogP contribution in [0, 0.1) is 0 Å². The number of amides is 2. The van der Waals surface area contributed by atoms with Gasteiger partial charge in [0.05, 0.1) is 13.2 Å². The normalized spacial score (nSPS) is 15.5. The summed E-state index contributed by atoms with van der Waals surface area (Å²) >= 11 is 0. The largest absolute Gasteiger partial charge is 0.490 e. The van der Waals surface area contributed by atoms with E-state index in [9.17, 15) is 9.59 Å². The fourth-order valence-corrected chi connectivity index (χ4v) is 3.19. The maximum absolute atomic E-state index is 13.2. The molecule has 6 nitrogen and oxygen atoms in total. The highest BCUT2D eigenvalue weighted by Crippen LogP contribution is 2.35. The van der Waals surface area contributed by atoms with Crippen LogP contribution in [0.25, 0.3) is 0 Å². The van der Waals surface area contributed by atoms with Crippen LogP contribution in [0.1, 0.15) is 29.8 Å². The number of benzene rings is 2. The molecule has 136 valence electrons. The first-order valence-corrected chi connectivity index (χ1v) is 8.67. The van der Waals surface area contributed by atoms with Gasteiger partial charge in [-0.15, -0.1) is 0 Å². The Bertz CT molecular complexity index is 834. The number of nitrogens with two attached hydrogens (primary N) is 1. The van der Waals surface area contributed by atoms with Crippen molar-refractivity contribution in [3.63, 3.8) is 0 Å². The van der Waals surface area contributed by atoms with Crippen LogP contribution in [-0.4, -0.2) is 31.1 Å². The van der Waals surface area contributed by atoms with Crippen LogP contribution in [0.4, 0.5) is 5.69 Å². The third-order valence-corrected chi connectivity index (χ3v) is 4.31. The fraction of sp³-hybridized carbons (Fsp3) is 0.300. The molecule has 0 saturated heterocycles. The highest BCUT2D eigenvalue weighted by Gasteiger charge is 2.37. The van der Waals surface area contributed by atoms with E-state index in [0.717, 1.165) is 5.56 Å². The topological polar surface area (TPSA) is 81.9 Å². The number of ether oxygens (including phenoxy) is 2. The zero-order valence-electron chi connectivity index (χ0n) is 14.9. The Kier molecular flexibility index (Phi) is 5.11. The summed E-state index contributed by atoms with van der Waals surface area (Å²) in [5.74, 6) is 0.274. The zero-order chi connectivity index (χ0) is 18.7. The molecule has 0 bridgehead atoms. The average molecular weight is 354 g/mol. The van der Waals surface area contributed by atoms with Gasteiger partial charge in [-0.3, -0.25) is 14.5 Å². The lowest BCUT2D eigenvalue weighted by molar-refractivity contribution is -0.119. The minimum atomic E-state index is -0.693. The van der Waals surface area contributed by atoms with Gasteiger partial charge < -0.3 is 15.2 Å². The summed E-state index contributed by atoms with van der Waals surface area (Å²) in [5, 5.41) is 0. The standard InChI is InChI=1S/C20H22N2O4/c1-3-25-17-10-9-14(12-18(17)26-4-2)20(24)22-15-8-6-5-7-13(15)11-16(22)19(21)23/h5-10,12,16H,3-4,11H2,1-2H3,(H2,21,23). The second-order valence-corrected chi connectivity index (χ2v) is 5.95. The second kappa shape index (κ2) is 7.47. The van der Waals surface area contributed by atoms with Gasteiger partial charge in [0.15, 0.2) is 11.5 Å². The van der Waals surface area contributed by atoms with E-state index in [4.69, 9.17) is 15.2 Å². The first-order valence-electron chi connectivity index (χ1n) is 8.67. The van der Waals surface area contributed by atoms with Crippen molar-refractivity contribution in [3.8, 4) is 11.5 Å². The van der Waals surface area contributed by atoms with E-state index in [1.165, 1.54) is 4.90 Å². The molecule has 0 saturated carbocycles. The summed E-state index contributed by atoms with van der Waals surface area (Å²) in [6.07, 6.45) is 0.423. The smallest absolute Gasteiger partial charge is 0.259 e.